The number of carbonyl (C=O) groups is 1. The number of nitrogens with zero attached hydrogens (tertiary/aromatic N) is 3. The van der Waals surface area contributed by atoms with Crippen molar-refractivity contribution in [3.05, 3.63) is 54.2 Å². The van der Waals surface area contributed by atoms with Gasteiger partial charge in [0.2, 0.25) is 10.0 Å². The minimum absolute atomic E-state index is 0.167. The molecule has 144 valence electrons. The third kappa shape index (κ3) is 4.57. The van der Waals surface area contributed by atoms with Gasteiger partial charge in [0.05, 0.1) is 5.25 Å². The SMILES string of the molecule is CN(C)c1cc(C(=O)N2CCC[C@@H](S(=O)(=O)Nc3ccccc3)C2)ccn1. The zero-order valence-corrected chi connectivity index (χ0v) is 16.3. The Bertz CT molecular complexity index is 900. The number of hydrogen-bond donors (Lipinski definition) is 1. The smallest absolute Gasteiger partial charge is 0.254 e. The first-order valence-electron chi connectivity index (χ1n) is 8.86. The molecule has 0 bridgehead atoms. The highest BCUT2D eigenvalue weighted by Gasteiger charge is 2.33. The van der Waals surface area contributed by atoms with Gasteiger partial charge in [-0.2, -0.15) is 0 Å². The summed E-state index contributed by atoms with van der Waals surface area (Å²) >= 11 is 0. The van der Waals surface area contributed by atoms with Crippen LogP contribution < -0.4 is 9.62 Å². The summed E-state index contributed by atoms with van der Waals surface area (Å²) in [6.45, 7) is 0.733. The van der Waals surface area contributed by atoms with E-state index in [1.807, 2.05) is 25.1 Å². The lowest BCUT2D eigenvalue weighted by molar-refractivity contribution is 0.0727. The van der Waals surface area contributed by atoms with Gasteiger partial charge in [0, 0.05) is 44.6 Å². The number of benzene rings is 1. The van der Waals surface area contributed by atoms with E-state index in [9.17, 15) is 13.2 Å². The van der Waals surface area contributed by atoms with E-state index in [1.54, 1.807) is 47.5 Å². The second kappa shape index (κ2) is 7.96. The average molecular weight is 388 g/mol. The van der Waals surface area contributed by atoms with Crippen molar-refractivity contribution in [1.82, 2.24) is 9.88 Å². The van der Waals surface area contributed by atoms with Crippen LogP contribution >= 0.6 is 0 Å². The van der Waals surface area contributed by atoms with E-state index in [4.69, 9.17) is 0 Å². The van der Waals surface area contributed by atoms with Crippen molar-refractivity contribution in [2.24, 2.45) is 0 Å². The lowest BCUT2D eigenvalue weighted by Gasteiger charge is -2.32. The Morgan fingerprint density at radius 3 is 2.67 bits per heavy atom. The van der Waals surface area contributed by atoms with Crippen molar-refractivity contribution in [2.45, 2.75) is 18.1 Å². The number of hydrogen-bond acceptors (Lipinski definition) is 5. The second-order valence-electron chi connectivity index (χ2n) is 6.83. The highest BCUT2D eigenvalue weighted by Crippen LogP contribution is 2.22. The van der Waals surface area contributed by atoms with E-state index in [2.05, 4.69) is 9.71 Å². The molecule has 0 saturated carbocycles. The van der Waals surface area contributed by atoms with Crippen molar-refractivity contribution in [1.29, 1.82) is 0 Å². The summed E-state index contributed by atoms with van der Waals surface area (Å²) in [5.74, 6) is 0.521. The molecule has 1 aliphatic rings. The standard InChI is InChI=1S/C19H24N4O3S/c1-22(2)18-13-15(10-11-20-18)19(24)23-12-6-9-17(14-23)27(25,26)21-16-7-4-3-5-8-16/h3-5,7-8,10-11,13,17,21H,6,9,12,14H2,1-2H3/t17-/m1/s1. The lowest BCUT2D eigenvalue weighted by Crippen LogP contribution is -2.46. The summed E-state index contributed by atoms with van der Waals surface area (Å²) in [4.78, 5) is 20.5. The summed E-state index contributed by atoms with van der Waals surface area (Å²) in [6, 6.07) is 12.2. The zero-order valence-electron chi connectivity index (χ0n) is 15.5. The van der Waals surface area contributed by atoms with Gasteiger partial charge in [-0.1, -0.05) is 18.2 Å². The highest BCUT2D eigenvalue weighted by molar-refractivity contribution is 7.93. The molecule has 0 radical (unpaired) electrons. The summed E-state index contributed by atoms with van der Waals surface area (Å²) in [5, 5.41) is -0.634. The Labute approximate surface area is 160 Å². The molecule has 1 aromatic carbocycles. The maximum absolute atomic E-state index is 12.9. The number of para-hydroxylation sites is 1. The van der Waals surface area contributed by atoms with Gasteiger partial charge < -0.3 is 9.80 Å². The Morgan fingerprint density at radius 1 is 1.22 bits per heavy atom. The molecular weight excluding hydrogens is 364 g/mol. The van der Waals surface area contributed by atoms with E-state index in [0.29, 0.717) is 36.5 Å². The number of pyridine rings is 1. The van der Waals surface area contributed by atoms with Gasteiger partial charge in [-0.25, -0.2) is 13.4 Å². The summed E-state index contributed by atoms with van der Waals surface area (Å²) in [5.41, 5.74) is 1.05. The third-order valence-electron chi connectivity index (χ3n) is 4.59. The van der Waals surface area contributed by atoms with Crippen molar-refractivity contribution in [2.75, 3.05) is 36.8 Å². The maximum Gasteiger partial charge on any atom is 0.254 e. The molecule has 2 heterocycles. The molecule has 2 aromatic rings. The molecule has 0 aliphatic carbocycles. The fraction of sp³-hybridized carbons (Fsp3) is 0.368. The summed E-state index contributed by atoms with van der Waals surface area (Å²) < 4.78 is 28.1. The second-order valence-corrected chi connectivity index (χ2v) is 8.79. The van der Waals surface area contributed by atoms with Crippen LogP contribution in [0.2, 0.25) is 0 Å². The highest BCUT2D eigenvalue weighted by atomic mass is 32.2. The quantitative estimate of drug-likeness (QED) is 0.849. The Kier molecular flexibility index (Phi) is 5.65. The van der Waals surface area contributed by atoms with E-state index in [0.717, 1.165) is 0 Å². The molecule has 1 fully saturated rings. The first-order valence-corrected chi connectivity index (χ1v) is 10.4. The maximum atomic E-state index is 12.9. The number of rotatable bonds is 5. The normalized spacial score (nSPS) is 17.4. The molecule has 7 nitrogen and oxygen atoms in total. The minimum Gasteiger partial charge on any atom is -0.363 e. The van der Waals surface area contributed by atoms with Crippen LogP contribution in [0.4, 0.5) is 11.5 Å². The van der Waals surface area contributed by atoms with Gasteiger partial charge in [0.25, 0.3) is 5.91 Å². The molecule has 1 aromatic heterocycles. The predicted molar refractivity (Wildman–Crippen MR) is 106 cm³/mol. The summed E-state index contributed by atoms with van der Waals surface area (Å²) in [6.07, 6.45) is 2.78. The number of aromatic nitrogens is 1. The van der Waals surface area contributed by atoms with Crippen LogP contribution in [0, 0.1) is 0 Å². The van der Waals surface area contributed by atoms with Gasteiger partial charge in [-0.05, 0) is 37.1 Å². The fourth-order valence-electron chi connectivity index (χ4n) is 3.11. The van der Waals surface area contributed by atoms with Gasteiger partial charge >= 0.3 is 0 Å². The molecule has 1 N–H and O–H groups in total. The van der Waals surface area contributed by atoms with Gasteiger partial charge in [0.1, 0.15) is 5.82 Å². The van der Waals surface area contributed by atoms with Crippen LogP contribution in [0.25, 0.3) is 0 Å². The number of anilines is 2. The van der Waals surface area contributed by atoms with E-state index >= 15 is 0 Å². The van der Waals surface area contributed by atoms with Crippen molar-refractivity contribution in [3.63, 3.8) is 0 Å². The molecule has 1 aliphatic heterocycles. The number of piperidine rings is 1. The first-order chi connectivity index (χ1) is 12.9. The molecule has 1 saturated heterocycles. The largest absolute Gasteiger partial charge is 0.363 e. The molecule has 0 unspecified atom stereocenters. The number of likely N-dealkylation sites (tertiary alicyclic amines) is 1. The number of amides is 1. The molecular formula is C19H24N4O3S. The van der Waals surface area contributed by atoms with E-state index < -0.39 is 15.3 Å². The van der Waals surface area contributed by atoms with Crippen LogP contribution in [0.3, 0.4) is 0 Å². The molecule has 1 amide bonds. The first kappa shape index (κ1) is 19.2. The number of nitrogens with one attached hydrogen (secondary N) is 1. The van der Waals surface area contributed by atoms with Crippen molar-refractivity contribution >= 4 is 27.4 Å². The van der Waals surface area contributed by atoms with Crippen molar-refractivity contribution < 1.29 is 13.2 Å². The topological polar surface area (TPSA) is 82.6 Å². The Hall–Kier alpha value is -2.61. The van der Waals surface area contributed by atoms with Crippen molar-refractivity contribution in [3.8, 4) is 0 Å². The molecule has 8 heteroatoms. The lowest BCUT2D eigenvalue weighted by atomic mass is 10.1. The van der Waals surface area contributed by atoms with Crippen LogP contribution in [-0.4, -0.2) is 56.6 Å². The Morgan fingerprint density at radius 2 is 1.96 bits per heavy atom. The Balaban J connectivity index is 1.73. The third-order valence-corrected chi connectivity index (χ3v) is 6.37. The van der Waals surface area contributed by atoms with Crippen LogP contribution in [0.5, 0.6) is 0 Å². The van der Waals surface area contributed by atoms with Gasteiger partial charge in [-0.3, -0.25) is 9.52 Å². The average Bonchev–Trinajstić information content (AvgIpc) is 2.68. The van der Waals surface area contributed by atoms with Gasteiger partial charge in [-0.15, -0.1) is 0 Å². The van der Waals surface area contributed by atoms with Crippen LogP contribution in [0.1, 0.15) is 23.2 Å². The molecule has 0 spiro atoms. The molecule has 1 atom stereocenters. The fourth-order valence-corrected chi connectivity index (χ4v) is 4.59. The summed E-state index contributed by atoms with van der Waals surface area (Å²) in [7, 11) is 0.142. The minimum atomic E-state index is -3.57. The predicted octanol–water partition coefficient (Wildman–Crippen LogP) is 2.19. The molecule has 27 heavy (non-hydrogen) atoms. The van der Waals surface area contributed by atoms with Gasteiger partial charge in [0.15, 0.2) is 0 Å². The van der Waals surface area contributed by atoms with E-state index in [1.165, 1.54) is 0 Å². The monoisotopic (exact) mass is 388 g/mol. The molecule has 3 rings (SSSR count). The number of carbonyl (C=O) groups excluding carboxylic acids is 1. The van der Waals surface area contributed by atoms with E-state index in [-0.39, 0.29) is 12.5 Å². The van der Waals surface area contributed by atoms with Crippen LogP contribution in [-0.2, 0) is 10.0 Å². The number of sulfonamides is 1. The van der Waals surface area contributed by atoms with Crippen LogP contribution in [0.15, 0.2) is 48.7 Å². The zero-order chi connectivity index (χ0) is 19.4.